The molecule has 8 nitrogen and oxygen atoms in total. The number of carbonyl (C=O) groups is 1. The van der Waals surface area contributed by atoms with Crippen LogP contribution in [0.5, 0.6) is 0 Å². The Morgan fingerprint density at radius 1 is 1.06 bits per heavy atom. The molecule has 0 aliphatic rings. The van der Waals surface area contributed by atoms with Crippen LogP contribution < -0.4 is 20.9 Å². The lowest BCUT2D eigenvalue weighted by molar-refractivity contribution is 0.256. The van der Waals surface area contributed by atoms with Crippen molar-refractivity contribution in [1.82, 2.24) is 9.29 Å². The number of thiophene rings is 1. The molecule has 0 atom stereocenters. The fourth-order valence-electron chi connectivity index (χ4n) is 3.14. The van der Waals surface area contributed by atoms with Gasteiger partial charge in [0, 0.05) is 30.0 Å². The zero-order chi connectivity index (χ0) is 23.8. The van der Waals surface area contributed by atoms with E-state index in [9.17, 15) is 22.4 Å². The number of carbonyl (C=O) groups excluding carboxylic acids is 1. The number of rotatable bonds is 5. The van der Waals surface area contributed by atoms with Crippen LogP contribution in [0.1, 0.15) is 0 Å². The number of pyridine rings is 1. The first kappa shape index (κ1) is 22.8. The molecule has 170 valence electrons. The van der Waals surface area contributed by atoms with Crippen LogP contribution in [0.4, 0.5) is 20.6 Å². The minimum Gasteiger partial charge on any atom is -0.388 e. The minimum atomic E-state index is -4.12. The number of nitrogens with one attached hydrogen (secondary N) is 3. The van der Waals surface area contributed by atoms with Crippen molar-refractivity contribution in [3.8, 4) is 5.69 Å². The number of urea groups is 1. The lowest BCUT2D eigenvalue weighted by Crippen LogP contribution is -2.34. The summed E-state index contributed by atoms with van der Waals surface area (Å²) in [5, 5.41) is 6.36. The number of nitrogens with zero attached hydrogens (tertiary/aromatic N) is 1. The van der Waals surface area contributed by atoms with Gasteiger partial charge in [0.2, 0.25) is 0 Å². The van der Waals surface area contributed by atoms with E-state index in [-0.39, 0.29) is 19.9 Å². The highest BCUT2D eigenvalue weighted by atomic mass is 35.5. The largest absolute Gasteiger partial charge is 0.388 e. The number of aromatic nitrogens is 1. The van der Waals surface area contributed by atoms with Crippen LogP contribution in [0, 0.1) is 5.82 Å². The first-order valence-corrected chi connectivity index (χ1v) is 12.1. The van der Waals surface area contributed by atoms with Crippen LogP contribution in [0.3, 0.4) is 0 Å². The molecule has 2 amide bonds. The smallest absolute Gasteiger partial charge is 0.333 e. The van der Waals surface area contributed by atoms with Gasteiger partial charge < -0.3 is 10.6 Å². The topological polar surface area (TPSA) is 109 Å². The Labute approximate surface area is 196 Å². The fourth-order valence-corrected chi connectivity index (χ4v) is 5.53. The average molecular weight is 507 g/mol. The van der Waals surface area contributed by atoms with E-state index in [2.05, 4.69) is 10.6 Å². The molecule has 4 aromatic rings. The Bertz CT molecular complexity index is 1550. The predicted octanol–water partition coefficient (Wildman–Crippen LogP) is 4.40. The molecule has 0 radical (unpaired) electrons. The van der Waals surface area contributed by atoms with Gasteiger partial charge in [0.25, 0.3) is 15.6 Å². The van der Waals surface area contributed by atoms with Crippen LogP contribution in [0.2, 0.25) is 4.34 Å². The monoisotopic (exact) mass is 506 g/mol. The van der Waals surface area contributed by atoms with Crippen molar-refractivity contribution in [3.63, 3.8) is 0 Å². The molecule has 0 bridgehead atoms. The third-order valence-corrected chi connectivity index (χ3v) is 7.75. The molecule has 0 saturated carbocycles. The summed E-state index contributed by atoms with van der Waals surface area (Å²) in [4.78, 5) is 25.0. The zero-order valence-electron chi connectivity index (χ0n) is 16.9. The number of sulfonamides is 1. The van der Waals surface area contributed by atoms with E-state index >= 15 is 0 Å². The first-order valence-electron chi connectivity index (χ1n) is 9.40. The molecule has 2 heterocycles. The number of benzene rings is 2. The molecule has 2 aromatic heterocycles. The number of fused-ring (bicyclic) bond motifs is 1. The van der Waals surface area contributed by atoms with Crippen LogP contribution in [0.15, 0.2) is 69.8 Å². The summed E-state index contributed by atoms with van der Waals surface area (Å²) in [6.45, 7) is 0. The van der Waals surface area contributed by atoms with Gasteiger partial charge in [-0.1, -0.05) is 11.6 Å². The Morgan fingerprint density at radius 2 is 1.82 bits per heavy atom. The van der Waals surface area contributed by atoms with E-state index in [4.69, 9.17) is 11.6 Å². The van der Waals surface area contributed by atoms with E-state index in [1.54, 1.807) is 31.3 Å². The quantitative estimate of drug-likeness (QED) is 0.372. The van der Waals surface area contributed by atoms with Gasteiger partial charge in [0.15, 0.2) is 0 Å². The molecule has 3 N–H and O–H groups in total. The van der Waals surface area contributed by atoms with E-state index in [1.165, 1.54) is 30.5 Å². The van der Waals surface area contributed by atoms with E-state index < -0.39 is 27.4 Å². The molecule has 0 spiro atoms. The van der Waals surface area contributed by atoms with Gasteiger partial charge in [-0.2, -0.15) is 0 Å². The summed E-state index contributed by atoms with van der Waals surface area (Å²) in [5.41, 5.74) is 0.406. The molecule has 4 rings (SSSR count). The molecule has 0 saturated heterocycles. The molecule has 0 fully saturated rings. The van der Waals surface area contributed by atoms with E-state index in [0.29, 0.717) is 10.8 Å². The summed E-state index contributed by atoms with van der Waals surface area (Å²) in [6, 6.07) is 12.1. The third-order valence-electron chi connectivity index (χ3n) is 4.70. The molecule has 33 heavy (non-hydrogen) atoms. The molecular weight excluding hydrogens is 491 g/mol. The zero-order valence-corrected chi connectivity index (χ0v) is 19.3. The van der Waals surface area contributed by atoms with Crippen molar-refractivity contribution in [2.75, 3.05) is 17.7 Å². The second kappa shape index (κ2) is 8.85. The van der Waals surface area contributed by atoms with E-state index in [1.807, 2.05) is 4.72 Å². The summed E-state index contributed by atoms with van der Waals surface area (Å²) >= 11 is 6.52. The van der Waals surface area contributed by atoms with Crippen molar-refractivity contribution in [2.24, 2.45) is 0 Å². The van der Waals surface area contributed by atoms with Crippen molar-refractivity contribution in [1.29, 1.82) is 0 Å². The van der Waals surface area contributed by atoms with Gasteiger partial charge in [-0.3, -0.25) is 9.36 Å². The second-order valence-corrected chi connectivity index (χ2v) is 10.5. The van der Waals surface area contributed by atoms with Crippen LogP contribution in [-0.4, -0.2) is 26.1 Å². The SMILES string of the molecule is CNc1ccc2c(=O)n(-c3ccc(NC(=O)NS(=O)(=O)c4ccc(Cl)s4)cc3F)ccc2c1. The van der Waals surface area contributed by atoms with Gasteiger partial charge in [0.1, 0.15) is 10.0 Å². The van der Waals surface area contributed by atoms with Gasteiger partial charge in [-0.15, -0.1) is 11.3 Å². The van der Waals surface area contributed by atoms with Gasteiger partial charge in [-0.05, 0) is 60.0 Å². The normalized spacial score (nSPS) is 11.4. The molecule has 2 aromatic carbocycles. The summed E-state index contributed by atoms with van der Waals surface area (Å²) in [5.74, 6) is -0.783. The Morgan fingerprint density at radius 3 is 2.48 bits per heavy atom. The maximum Gasteiger partial charge on any atom is 0.333 e. The predicted molar refractivity (Wildman–Crippen MR) is 128 cm³/mol. The number of halogens is 2. The Kier molecular flexibility index (Phi) is 6.11. The maximum atomic E-state index is 14.8. The average Bonchev–Trinajstić information content (AvgIpc) is 3.21. The third kappa shape index (κ3) is 4.70. The van der Waals surface area contributed by atoms with Crippen molar-refractivity contribution >= 4 is 61.1 Å². The summed E-state index contributed by atoms with van der Waals surface area (Å²) < 4.78 is 42.3. The fraction of sp³-hybridized carbons (Fsp3) is 0.0476. The van der Waals surface area contributed by atoms with E-state index in [0.717, 1.165) is 27.7 Å². The van der Waals surface area contributed by atoms with Crippen molar-refractivity contribution in [3.05, 3.63) is 81.3 Å². The highest BCUT2D eigenvalue weighted by Crippen LogP contribution is 2.25. The Balaban J connectivity index is 1.57. The second-order valence-electron chi connectivity index (χ2n) is 6.83. The Hall–Kier alpha value is -3.41. The molecule has 0 aliphatic heterocycles. The number of hydrogen-bond acceptors (Lipinski definition) is 6. The van der Waals surface area contributed by atoms with Crippen molar-refractivity contribution in [2.45, 2.75) is 4.21 Å². The summed E-state index contributed by atoms with van der Waals surface area (Å²) in [7, 11) is -2.36. The van der Waals surface area contributed by atoms with Crippen LogP contribution >= 0.6 is 22.9 Å². The van der Waals surface area contributed by atoms with Gasteiger partial charge in [0.05, 0.1) is 10.0 Å². The van der Waals surface area contributed by atoms with Gasteiger partial charge in [-0.25, -0.2) is 22.3 Å². The number of anilines is 2. The van der Waals surface area contributed by atoms with Gasteiger partial charge >= 0.3 is 6.03 Å². The highest BCUT2D eigenvalue weighted by molar-refractivity contribution is 7.92. The number of amides is 2. The summed E-state index contributed by atoms with van der Waals surface area (Å²) in [6.07, 6.45) is 1.46. The lowest BCUT2D eigenvalue weighted by atomic mass is 10.1. The molecule has 0 aliphatic carbocycles. The lowest BCUT2D eigenvalue weighted by Gasteiger charge is -2.12. The minimum absolute atomic E-state index is 0.000613. The van der Waals surface area contributed by atoms with Crippen LogP contribution in [0.25, 0.3) is 16.5 Å². The molecular formula is C21H16ClFN4O4S2. The number of hydrogen-bond donors (Lipinski definition) is 3. The molecule has 0 unspecified atom stereocenters. The maximum absolute atomic E-state index is 14.8. The molecule has 12 heteroatoms. The van der Waals surface area contributed by atoms with Crippen molar-refractivity contribution < 1.29 is 17.6 Å². The first-order chi connectivity index (χ1) is 15.7. The highest BCUT2D eigenvalue weighted by Gasteiger charge is 2.20. The van der Waals surface area contributed by atoms with Crippen LogP contribution in [-0.2, 0) is 10.0 Å². The standard InChI is InChI=1S/C21H16ClFN4O4S2/c1-24-13-2-4-15-12(10-13)8-9-27(20(15)28)17-5-3-14(11-16(17)23)25-21(29)26-33(30,31)19-7-6-18(22)32-19/h2-11,24H,1H3,(H2,25,26,29).